The van der Waals surface area contributed by atoms with Gasteiger partial charge in [0.1, 0.15) is 11.0 Å². The first-order valence-electron chi connectivity index (χ1n) is 38.2. The van der Waals surface area contributed by atoms with Crippen LogP contribution in [0.2, 0.25) is 30.1 Å². The Bertz CT molecular complexity index is 4190. The average Bonchev–Trinajstić information content (AvgIpc) is 0.789. The van der Waals surface area contributed by atoms with Crippen molar-refractivity contribution in [3.63, 3.8) is 0 Å². The van der Waals surface area contributed by atoms with Crippen molar-refractivity contribution >= 4 is 121 Å². The molecular formula is C79H107Cl6N13O12S3. The fourth-order valence-corrected chi connectivity index (χ4v) is 18.3. The van der Waals surface area contributed by atoms with Gasteiger partial charge in [-0.1, -0.05) is 106 Å². The number of hydrogen-bond acceptors (Lipinski definition) is 18. The summed E-state index contributed by atoms with van der Waals surface area (Å²) in [5.41, 5.74) is 15.9. The number of urea groups is 3. The van der Waals surface area contributed by atoms with Gasteiger partial charge in [-0.15, -0.1) is 0 Å². The molecule has 5 atom stereocenters. The Kier molecular flexibility index (Phi) is 39.0. The minimum absolute atomic E-state index is 0.0247. The molecule has 113 heavy (non-hydrogen) atoms. The normalized spacial score (nSPS) is 16.7. The highest BCUT2D eigenvalue weighted by atomic mass is 35.5. The zero-order valence-corrected chi connectivity index (χ0v) is 71.3. The molecular weight excluding hydrogens is 1630 g/mol. The Balaban J connectivity index is 0.610. The van der Waals surface area contributed by atoms with E-state index in [4.69, 9.17) is 104 Å². The number of amides is 6. The van der Waals surface area contributed by atoms with Crippen molar-refractivity contribution in [3.05, 3.63) is 189 Å². The quantitative estimate of drug-likeness (QED) is 0.0125. The Morgan fingerprint density at radius 2 is 0.823 bits per heavy atom. The molecule has 34 heteroatoms. The van der Waals surface area contributed by atoms with E-state index in [1.54, 1.807) is 42.3 Å². The standard InChI is InChI=1S/C79H107Cl6N13O12S3/c1-96-49-67(64-43-58(80)46-73(83)70(64)52-96)55-10-4-13-61(40-55)111-93-25-31-108-37-34-105-28-22-90-76(99)87-19-7-16-79(86,17-8-20-88-77(100)91-23-29-106-35-38-109-32-26-94-112(102)62-14-5-11-56(41-62)68-50-97(2)53-71-65(68)44-59(81)47-74(71)84)18-9-21-89-78(101)92-24-30-107-36-39-110-33-27-95-113(103,104)63-15-6-12-57(42-63)69-51-98(3)54-72-66(69)45-60(82)48-75(72)85/h4-6,10-15,40-48,67-69,93-95H,7-9,16-39,49-54,86H2,1-3H3,(H2,87,90,99)(H2,88,91,100)(H2,89,92,101)/t67-,68-,69-,79?,112?/m0/s1. The smallest absolute Gasteiger partial charge is 0.314 e. The fraction of sp³-hybridized carbons (Fsp3) is 0.506. The van der Waals surface area contributed by atoms with Crippen molar-refractivity contribution in [2.45, 2.75) is 96.1 Å². The summed E-state index contributed by atoms with van der Waals surface area (Å²) in [5, 5.41) is 20.8. The Hall–Kier alpha value is -5.20. The van der Waals surface area contributed by atoms with E-state index in [0.29, 0.717) is 172 Å². The number of hydrogen-bond donors (Lipinski definition) is 10. The van der Waals surface area contributed by atoms with Crippen LogP contribution < -0.4 is 51.8 Å². The zero-order chi connectivity index (χ0) is 80.5. The number of carbonyl (C=O) groups is 3. The summed E-state index contributed by atoms with van der Waals surface area (Å²) in [6, 6.07) is 33.3. The molecule has 9 rings (SSSR count). The molecule has 3 aliphatic heterocycles. The van der Waals surface area contributed by atoms with Crippen molar-refractivity contribution in [2.24, 2.45) is 5.73 Å². The summed E-state index contributed by atoms with van der Waals surface area (Å²) in [6.45, 7) is 11.1. The summed E-state index contributed by atoms with van der Waals surface area (Å²) in [4.78, 5) is 46.8. The van der Waals surface area contributed by atoms with Crippen LogP contribution in [0.25, 0.3) is 0 Å². The number of sulfonamides is 1. The summed E-state index contributed by atoms with van der Waals surface area (Å²) < 4.78 is 83.1. The highest BCUT2D eigenvalue weighted by Crippen LogP contribution is 2.42. The van der Waals surface area contributed by atoms with Crippen molar-refractivity contribution in [3.8, 4) is 0 Å². The van der Waals surface area contributed by atoms with Crippen LogP contribution in [0.15, 0.2) is 124 Å². The second-order valence-electron chi connectivity index (χ2n) is 28.3. The molecule has 3 heterocycles. The molecule has 2 unspecified atom stereocenters. The Morgan fingerprint density at radius 3 is 1.26 bits per heavy atom. The van der Waals surface area contributed by atoms with E-state index in [1.807, 2.05) is 61.6 Å². The van der Waals surface area contributed by atoms with E-state index in [1.165, 1.54) is 11.1 Å². The maximum atomic E-state index is 13.3. The van der Waals surface area contributed by atoms with Crippen molar-refractivity contribution < 1.29 is 55.4 Å². The van der Waals surface area contributed by atoms with Crippen LogP contribution in [0.5, 0.6) is 0 Å². The predicted octanol–water partition coefficient (Wildman–Crippen LogP) is 11.3. The molecule has 620 valence electrons. The first-order chi connectivity index (χ1) is 54.5. The SMILES string of the molecule is CN1Cc2c(Cl)cc(Cl)cc2[C@H](c2cccc(SNCCOCCOCCNC(=O)NCCCC(N)(CCCNC(=O)NCCOCCOCCNS(=O)c3cccc([C@@H]4CN(C)Cc5c(Cl)cc(Cl)cc54)c3)CCCNC(=O)NCCOCCOCCNS(=O)(=O)c3cccc([C@@H]4CN(C)Cc5c(Cl)cc(Cl)cc54)c3)c2)C1. The number of ether oxygens (including phenoxy) is 6. The lowest BCUT2D eigenvalue weighted by Crippen LogP contribution is -2.44. The van der Waals surface area contributed by atoms with Crippen LogP contribution >= 0.6 is 81.6 Å². The topological polar surface area (TPSA) is 302 Å². The number of likely N-dealkylation sites (N-methyl/N-ethyl adjacent to an activating group) is 3. The first-order valence-corrected chi connectivity index (χ1v) is 43.9. The number of nitrogens with zero attached hydrogens (tertiary/aromatic N) is 3. The zero-order valence-electron chi connectivity index (χ0n) is 64.3. The van der Waals surface area contributed by atoms with Crippen LogP contribution in [0.3, 0.4) is 0 Å². The molecule has 0 bridgehead atoms. The van der Waals surface area contributed by atoms with E-state index < -0.39 is 26.5 Å². The van der Waals surface area contributed by atoms with Gasteiger partial charge in [-0.25, -0.2) is 36.5 Å². The first kappa shape index (κ1) is 91.7. The molecule has 0 radical (unpaired) electrons. The molecule has 0 spiro atoms. The summed E-state index contributed by atoms with van der Waals surface area (Å²) in [7, 11) is 0.856. The third kappa shape index (κ3) is 30.6. The molecule has 0 aliphatic carbocycles. The Labute approximate surface area is 701 Å². The monoisotopic (exact) mass is 1740 g/mol. The molecule has 6 aromatic carbocycles. The second-order valence-corrected chi connectivity index (χ2v) is 34.8. The van der Waals surface area contributed by atoms with Gasteiger partial charge in [0.25, 0.3) is 0 Å². The van der Waals surface area contributed by atoms with Crippen LogP contribution in [-0.4, -0.2) is 230 Å². The van der Waals surface area contributed by atoms with Gasteiger partial charge in [-0.2, -0.15) is 0 Å². The molecule has 0 saturated carbocycles. The number of carbonyl (C=O) groups excluding carboxylic acids is 3. The van der Waals surface area contributed by atoms with Gasteiger partial charge in [-0.3, -0.25) is 4.72 Å². The van der Waals surface area contributed by atoms with E-state index in [9.17, 15) is 27.0 Å². The summed E-state index contributed by atoms with van der Waals surface area (Å²) >= 11 is 40.6. The minimum Gasteiger partial charge on any atom is -0.378 e. The number of nitrogens with two attached hydrogens (primary N) is 1. The van der Waals surface area contributed by atoms with Crippen LogP contribution in [0.4, 0.5) is 14.4 Å². The number of fused-ring (bicyclic) bond motifs is 3. The van der Waals surface area contributed by atoms with Crippen LogP contribution in [0, 0.1) is 0 Å². The van der Waals surface area contributed by atoms with Gasteiger partial charge in [-0.05, 0) is 194 Å². The summed E-state index contributed by atoms with van der Waals surface area (Å²) in [5.74, 6) is 0.0622. The molecule has 0 fully saturated rings. The highest BCUT2D eigenvalue weighted by Gasteiger charge is 2.32. The predicted molar refractivity (Wildman–Crippen MR) is 450 cm³/mol. The average molecular weight is 1740 g/mol. The maximum absolute atomic E-state index is 13.3. The molecule has 25 nitrogen and oxygen atoms in total. The highest BCUT2D eigenvalue weighted by molar-refractivity contribution is 7.97. The fourth-order valence-electron chi connectivity index (χ4n) is 14.0. The molecule has 6 amide bonds. The van der Waals surface area contributed by atoms with E-state index in [-0.39, 0.29) is 93.4 Å². The molecule has 11 N–H and O–H groups in total. The number of rotatable bonds is 48. The number of nitrogens with one attached hydrogen (secondary N) is 9. The van der Waals surface area contributed by atoms with Gasteiger partial charge in [0.2, 0.25) is 10.0 Å². The Morgan fingerprint density at radius 1 is 0.460 bits per heavy atom. The van der Waals surface area contributed by atoms with E-state index in [0.717, 1.165) is 70.0 Å². The molecule has 6 aromatic rings. The lowest BCUT2D eigenvalue weighted by molar-refractivity contribution is 0.0516. The number of benzene rings is 6. The van der Waals surface area contributed by atoms with Gasteiger partial charge < -0.3 is 80.8 Å². The second kappa shape index (κ2) is 48.0. The summed E-state index contributed by atoms with van der Waals surface area (Å²) in [6.07, 6.45) is 3.42. The van der Waals surface area contributed by atoms with Crippen molar-refractivity contribution in [1.82, 2.24) is 60.8 Å². The number of halogens is 6. The third-order valence-electron chi connectivity index (χ3n) is 19.5. The maximum Gasteiger partial charge on any atom is 0.314 e. The van der Waals surface area contributed by atoms with Crippen LogP contribution in [-0.2, 0) is 69.1 Å². The third-order valence-corrected chi connectivity index (χ3v) is 24.6. The van der Waals surface area contributed by atoms with Crippen LogP contribution in [0.1, 0.15) is 106 Å². The molecule has 0 saturated heterocycles. The van der Waals surface area contributed by atoms with Gasteiger partial charge in [0, 0.05) is 156 Å². The van der Waals surface area contributed by atoms with Gasteiger partial charge in [0.15, 0.2) is 0 Å². The van der Waals surface area contributed by atoms with E-state index >= 15 is 0 Å². The lowest BCUT2D eigenvalue weighted by atomic mass is 9.85. The molecule has 0 aromatic heterocycles. The minimum atomic E-state index is -3.84. The van der Waals surface area contributed by atoms with E-state index in [2.05, 4.69) is 99.1 Å². The van der Waals surface area contributed by atoms with Crippen molar-refractivity contribution in [1.29, 1.82) is 0 Å². The largest absolute Gasteiger partial charge is 0.378 e. The molecule has 3 aliphatic rings. The van der Waals surface area contributed by atoms with Crippen molar-refractivity contribution in [2.75, 3.05) is 179 Å². The lowest BCUT2D eigenvalue weighted by Gasteiger charge is -2.33. The van der Waals surface area contributed by atoms with Gasteiger partial charge in [0.05, 0.1) is 89.1 Å². The van der Waals surface area contributed by atoms with Gasteiger partial charge >= 0.3 is 18.1 Å².